The molecule has 0 aliphatic heterocycles. The van der Waals surface area contributed by atoms with Crippen molar-refractivity contribution in [3.05, 3.63) is 65.6 Å². The van der Waals surface area contributed by atoms with E-state index in [-0.39, 0.29) is 5.91 Å². The standard InChI is InChI=1S/C17H17N3O2/c1-12-6-5-9-16-19-13(11-20(12)16)10-18-17(21)14-7-3-4-8-15(14)22-2/h3-9,11H,10H2,1-2H3,(H,18,21). The predicted octanol–water partition coefficient (Wildman–Crippen LogP) is 2.58. The molecule has 5 heteroatoms. The maximum absolute atomic E-state index is 12.3. The van der Waals surface area contributed by atoms with Gasteiger partial charge in [0, 0.05) is 11.9 Å². The molecule has 112 valence electrons. The van der Waals surface area contributed by atoms with E-state index in [0.717, 1.165) is 17.0 Å². The molecule has 0 radical (unpaired) electrons. The fraction of sp³-hybridized carbons (Fsp3) is 0.176. The molecule has 1 aromatic carbocycles. The monoisotopic (exact) mass is 295 g/mol. The number of aromatic nitrogens is 2. The summed E-state index contributed by atoms with van der Waals surface area (Å²) >= 11 is 0. The molecule has 0 fully saturated rings. The highest BCUT2D eigenvalue weighted by Gasteiger charge is 2.11. The third-order valence-electron chi connectivity index (χ3n) is 3.53. The molecule has 0 saturated carbocycles. The molecule has 1 amide bonds. The minimum atomic E-state index is -0.175. The topological polar surface area (TPSA) is 55.6 Å². The van der Waals surface area contributed by atoms with Crippen molar-refractivity contribution in [3.8, 4) is 5.75 Å². The molecule has 0 unspecified atom stereocenters. The van der Waals surface area contributed by atoms with Crippen LogP contribution in [0.1, 0.15) is 21.7 Å². The number of hydrogen-bond donors (Lipinski definition) is 1. The number of imidazole rings is 1. The highest BCUT2D eigenvalue weighted by atomic mass is 16.5. The molecule has 0 aliphatic carbocycles. The van der Waals surface area contributed by atoms with Crippen molar-refractivity contribution in [3.63, 3.8) is 0 Å². The maximum atomic E-state index is 12.3. The Balaban J connectivity index is 1.76. The number of aryl methyl sites for hydroxylation is 1. The van der Waals surface area contributed by atoms with Gasteiger partial charge in [-0.25, -0.2) is 4.98 Å². The molecule has 0 spiro atoms. The lowest BCUT2D eigenvalue weighted by Gasteiger charge is -2.07. The van der Waals surface area contributed by atoms with Crippen LogP contribution < -0.4 is 10.1 Å². The zero-order chi connectivity index (χ0) is 15.5. The zero-order valence-corrected chi connectivity index (χ0v) is 12.5. The molecule has 5 nitrogen and oxygen atoms in total. The van der Waals surface area contributed by atoms with Crippen LogP contribution in [-0.4, -0.2) is 22.4 Å². The van der Waals surface area contributed by atoms with E-state index in [1.807, 2.05) is 47.9 Å². The average Bonchev–Trinajstić information content (AvgIpc) is 2.97. The van der Waals surface area contributed by atoms with E-state index < -0.39 is 0 Å². The summed E-state index contributed by atoms with van der Waals surface area (Å²) in [6, 6.07) is 13.1. The Bertz CT molecular complexity index is 824. The van der Waals surface area contributed by atoms with Gasteiger partial charge in [-0.3, -0.25) is 4.79 Å². The van der Waals surface area contributed by atoms with Gasteiger partial charge in [0.2, 0.25) is 0 Å². The van der Waals surface area contributed by atoms with Crippen LogP contribution in [0.3, 0.4) is 0 Å². The third-order valence-corrected chi connectivity index (χ3v) is 3.53. The Hall–Kier alpha value is -2.82. The van der Waals surface area contributed by atoms with Gasteiger partial charge in [0.15, 0.2) is 0 Å². The van der Waals surface area contributed by atoms with Gasteiger partial charge in [-0.05, 0) is 31.2 Å². The molecule has 2 heterocycles. The van der Waals surface area contributed by atoms with Crippen LogP contribution in [0, 0.1) is 6.92 Å². The van der Waals surface area contributed by atoms with Gasteiger partial charge in [-0.2, -0.15) is 0 Å². The first-order valence-corrected chi connectivity index (χ1v) is 7.04. The molecule has 0 bridgehead atoms. The Morgan fingerprint density at radius 2 is 2.05 bits per heavy atom. The first-order chi connectivity index (χ1) is 10.7. The molecule has 22 heavy (non-hydrogen) atoms. The SMILES string of the molecule is COc1ccccc1C(=O)NCc1cn2c(C)cccc2n1. The first-order valence-electron chi connectivity index (χ1n) is 7.04. The number of hydrogen-bond acceptors (Lipinski definition) is 3. The van der Waals surface area contributed by atoms with E-state index in [0.29, 0.717) is 17.9 Å². The lowest BCUT2D eigenvalue weighted by Crippen LogP contribution is -2.23. The summed E-state index contributed by atoms with van der Waals surface area (Å²) in [6.45, 7) is 2.39. The number of nitrogens with zero attached hydrogens (tertiary/aromatic N) is 2. The summed E-state index contributed by atoms with van der Waals surface area (Å²) in [6.07, 6.45) is 1.94. The van der Waals surface area contributed by atoms with Crippen molar-refractivity contribution in [1.82, 2.24) is 14.7 Å². The van der Waals surface area contributed by atoms with Crippen LogP contribution >= 0.6 is 0 Å². The Morgan fingerprint density at radius 1 is 1.23 bits per heavy atom. The molecular formula is C17H17N3O2. The van der Waals surface area contributed by atoms with E-state index in [1.165, 1.54) is 0 Å². The van der Waals surface area contributed by atoms with Gasteiger partial charge < -0.3 is 14.5 Å². The number of carbonyl (C=O) groups excluding carboxylic acids is 1. The number of nitrogens with one attached hydrogen (secondary N) is 1. The lowest BCUT2D eigenvalue weighted by molar-refractivity contribution is 0.0947. The lowest BCUT2D eigenvalue weighted by atomic mass is 10.2. The minimum Gasteiger partial charge on any atom is -0.496 e. The van der Waals surface area contributed by atoms with Crippen LogP contribution in [0.4, 0.5) is 0 Å². The molecule has 2 aromatic heterocycles. The molecule has 0 saturated heterocycles. The summed E-state index contributed by atoms with van der Waals surface area (Å²) in [5.74, 6) is 0.386. The van der Waals surface area contributed by atoms with Crippen LogP contribution in [0.5, 0.6) is 5.75 Å². The van der Waals surface area contributed by atoms with Crippen molar-refractivity contribution in [1.29, 1.82) is 0 Å². The van der Waals surface area contributed by atoms with E-state index in [9.17, 15) is 4.79 Å². The van der Waals surface area contributed by atoms with E-state index >= 15 is 0 Å². The number of fused-ring (bicyclic) bond motifs is 1. The van der Waals surface area contributed by atoms with Crippen LogP contribution in [-0.2, 0) is 6.54 Å². The second-order valence-corrected chi connectivity index (χ2v) is 5.01. The number of carbonyl (C=O) groups is 1. The van der Waals surface area contributed by atoms with E-state index in [4.69, 9.17) is 4.74 Å². The van der Waals surface area contributed by atoms with Gasteiger partial charge >= 0.3 is 0 Å². The van der Waals surface area contributed by atoms with E-state index in [1.54, 1.807) is 19.2 Å². The smallest absolute Gasteiger partial charge is 0.255 e. The molecular weight excluding hydrogens is 278 g/mol. The molecule has 3 aromatic rings. The number of para-hydroxylation sites is 1. The summed E-state index contributed by atoms with van der Waals surface area (Å²) in [4.78, 5) is 16.8. The van der Waals surface area contributed by atoms with Crippen molar-refractivity contribution >= 4 is 11.6 Å². The van der Waals surface area contributed by atoms with Crippen molar-refractivity contribution in [2.24, 2.45) is 0 Å². The van der Waals surface area contributed by atoms with E-state index in [2.05, 4.69) is 10.3 Å². The fourth-order valence-corrected chi connectivity index (χ4v) is 2.38. The second-order valence-electron chi connectivity index (χ2n) is 5.01. The van der Waals surface area contributed by atoms with Gasteiger partial charge in [-0.15, -0.1) is 0 Å². The summed E-state index contributed by atoms with van der Waals surface area (Å²) in [7, 11) is 1.55. The molecule has 0 aliphatic rings. The summed E-state index contributed by atoms with van der Waals surface area (Å²) < 4.78 is 7.21. The van der Waals surface area contributed by atoms with Gasteiger partial charge in [-0.1, -0.05) is 18.2 Å². The van der Waals surface area contributed by atoms with Crippen molar-refractivity contribution in [2.75, 3.05) is 7.11 Å². The maximum Gasteiger partial charge on any atom is 0.255 e. The van der Waals surface area contributed by atoms with Crippen LogP contribution in [0.15, 0.2) is 48.7 Å². The summed E-state index contributed by atoms with van der Waals surface area (Å²) in [5, 5.41) is 2.88. The quantitative estimate of drug-likeness (QED) is 0.805. The molecule has 1 N–H and O–H groups in total. The Labute approximate surface area is 128 Å². The number of amides is 1. The normalized spacial score (nSPS) is 10.6. The van der Waals surface area contributed by atoms with Gasteiger partial charge in [0.05, 0.1) is 24.9 Å². The Kier molecular flexibility index (Phi) is 3.78. The summed E-state index contributed by atoms with van der Waals surface area (Å²) in [5.41, 5.74) is 3.32. The highest BCUT2D eigenvalue weighted by molar-refractivity contribution is 5.96. The number of rotatable bonds is 4. The minimum absolute atomic E-state index is 0.175. The fourth-order valence-electron chi connectivity index (χ4n) is 2.38. The number of pyridine rings is 1. The number of benzene rings is 1. The number of ether oxygens (including phenoxy) is 1. The second kappa shape index (κ2) is 5.89. The largest absolute Gasteiger partial charge is 0.496 e. The molecule has 3 rings (SSSR count). The van der Waals surface area contributed by atoms with Crippen LogP contribution in [0.25, 0.3) is 5.65 Å². The van der Waals surface area contributed by atoms with Gasteiger partial charge in [0.1, 0.15) is 11.4 Å². The zero-order valence-electron chi connectivity index (χ0n) is 12.5. The van der Waals surface area contributed by atoms with Crippen molar-refractivity contribution < 1.29 is 9.53 Å². The van der Waals surface area contributed by atoms with Crippen molar-refractivity contribution in [2.45, 2.75) is 13.5 Å². The molecule has 0 atom stereocenters. The number of methoxy groups -OCH3 is 1. The van der Waals surface area contributed by atoms with Gasteiger partial charge in [0.25, 0.3) is 5.91 Å². The van der Waals surface area contributed by atoms with Crippen LogP contribution in [0.2, 0.25) is 0 Å². The highest BCUT2D eigenvalue weighted by Crippen LogP contribution is 2.17. The average molecular weight is 295 g/mol. The third kappa shape index (κ3) is 2.65. The predicted molar refractivity (Wildman–Crippen MR) is 84.1 cm³/mol. The Morgan fingerprint density at radius 3 is 2.82 bits per heavy atom. The first kappa shape index (κ1) is 14.1.